The van der Waals surface area contributed by atoms with Gasteiger partial charge in [0, 0.05) is 18.5 Å². The zero-order chi connectivity index (χ0) is 14.5. The normalized spacial score (nSPS) is 19.2. The Morgan fingerprint density at radius 1 is 1.19 bits per heavy atom. The van der Waals surface area contributed by atoms with Crippen molar-refractivity contribution in [2.75, 3.05) is 20.2 Å². The van der Waals surface area contributed by atoms with Crippen LogP contribution in [0.4, 0.5) is 0 Å². The fourth-order valence-corrected chi connectivity index (χ4v) is 2.72. The third kappa shape index (κ3) is 3.34. The number of ether oxygens (including phenoxy) is 2. The Balaban J connectivity index is 1.81. The number of nitrogens with zero attached hydrogens (tertiary/aromatic N) is 1. The van der Waals surface area contributed by atoms with E-state index in [9.17, 15) is 0 Å². The van der Waals surface area contributed by atoms with Crippen molar-refractivity contribution >= 4 is 0 Å². The van der Waals surface area contributed by atoms with Gasteiger partial charge in [-0.2, -0.15) is 0 Å². The van der Waals surface area contributed by atoms with Crippen molar-refractivity contribution in [2.45, 2.75) is 12.5 Å². The minimum absolute atomic E-state index is 0.0522. The van der Waals surface area contributed by atoms with Gasteiger partial charge in [-0.25, -0.2) is 4.98 Å². The SMILES string of the molecule is COc1ccc(OC(c2ccccc2)[C@H]2CCNC2)cn1. The van der Waals surface area contributed by atoms with Crippen LogP contribution in [0.1, 0.15) is 18.1 Å². The lowest BCUT2D eigenvalue weighted by atomic mass is 9.95. The molecule has 0 spiro atoms. The summed E-state index contributed by atoms with van der Waals surface area (Å²) in [6.45, 7) is 2.04. The van der Waals surface area contributed by atoms with Crippen LogP contribution in [-0.2, 0) is 0 Å². The molecule has 4 nitrogen and oxygen atoms in total. The Hall–Kier alpha value is -2.07. The maximum Gasteiger partial charge on any atom is 0.213 e. The molecule has 1 saturated heterocycles. The lowest BCUT2D eigenvalue weighted by Gasteiger charge is -2.24. The first-order chi connectivity index (χ1) is 10.4. The molecule has 2 aromatic rings. The first-order valence-corrected chi connectivity index (χ1v) is 7.29. The third-order valence-electron chi connectivity index (χ3n) is 3.84. The lowest BCUT2D eigenvalue weighted by Crippen LogP contribution is -2.21. The molecule has 1 fully saturated rings. The maximum absolute atomic E-state index is 6.23. The number of methoxy groups -OCH3 is 1. The highest BCUT2D eigenvalue weighted by Gasteiger charge is 2.28. The Morgan fingerprint density at radius 3 is 2.67 bits per heavy atom. The molecule has 110 valence electrons. The molecular formula is C17H20N2O2. The van der Waals surface area contributed by atoms with Gasteiger partial charge in [0.05, 0.1) is 13.3 Å². The number of nitrogens with one attached hydrogen (secondary N) is 1. The van der Waals surface area contributed by atoms with Crippen LogP contribution in [0.3, 0.4) is 0 Å². The van der Waals surface area contributed by atoms with E-state index >= 15 is 0 Å². The number of rotatable bonds is 5. The molecule has 2 heterocycles. The highest BCUT2D eigenvalue weighted by atomic mass is 16.5. The first kappa shape index (κ1) is 13.9. The Kier molecular flexibility index (Phi) is 4.36. The van der Waals surface area contributed by atoms with Crippen molar-refractivity contribution < 1.29 is 9.47 Å². The predicted molar refractivity (Wildman–Crippen MR) is 81.6 cm³/mol. The summed E-state index contributed by atoms with van der Waals surface area (Å²) in [4.78, 5) is 4.21. The second-order valence-electron chi connectivity index (χ2n) is 5.24. The molecule has 0 radical (unpaired) electrons. The topological polar surface area (TPSA) is 43.4 Å². The fraction of sp³-hybridized carbons (Fsp3) is 0.353. The van der Waals surface area contributed by atoms with E-state index in [0.717, 1.165) is 25.3 Å². The maximum atomic E-state index is 6.23. The number of benzene rings is 1. The summed E-state index contributed by atoms with van der Waals surface area (Å²) in [6, 6.07) is 14.1. The molecule has 4 heteroatoms. The van der Waals surface area contributed by atoms with Gasteiger partial charge in [-0.1, -0.05) is 30.3 Å². The van der Waals surface area contributed by atoms with Crippen LogP contribution in [0.2, 0.25) is 0 Å². The lowest BCUT2D eigenvalue weighted by molar-refractivity contribution is 0.143. The van der Waals surface area contributed by atoms with Gasteiger partial charge in [0.2, 0.25) is 5.88 Å². The minimum atomic E-state index is 0.0522. The van der Waals surface area contributed by atoms with Crippen LogP contribution in [0.5, 0.6) is 11.6 Å². The summed E-state index contributed by atoms with van der Waals surface area (Å²) in [5, 5.41) is 3.41. The van der Waals surface area contributed by atoms with E-state index in [1.165, 1.54) is 5.56 Å². The molecule has 1 N–H and O–H groups in total. The van der Waals surface area contributed by atoms with Crippen molar-refractivity contribution in [2.24, 2.45) is 5.92 Å². The second-order valence-corrected chi connectivity index (χ2v) is 5.24. The van der Waals surface area contributed by atoms with Crippen LogP contribution < -0.4 is 14.8 Å². The van der Waals surface area contributed by atoms with Crippen LogP contribution in [0, 0.1) is 5.92 Å². The van der Waals surface area contributed by atoms with Gasteiger partial charge in [-0.15, -0.1) is 0 Å². The van der Waals surface area contributed by atoms with Crippen molar-refractivity contribution in [3.05, 3.63) is 54.2 Å². The van der Waals surface area contributed by atoms with Crippen LogP contribution in [-0.4, -0.2) is 25.2 Å². The van der Waals surface area contributed by atoms with Gasteiger partial charge in [0.15, 0.2) is 0 Å². The minimum Gasteiger partial charge on any atom is -0.484 e. The molecular weight excluding hydrogens is 264 g/mol. The van der Waals surface area contributed by atoms with E-state index in [1.54, 1.807) is 13.3 Å². The fourth-order valence-electron chi connectivity index (χ4n) is 2.72. The molecule has 3 rings (SSSR count). The zero-order valence-electron chi connectivity index (χ0n) is 12.2. The molecule has 1 aromatic heterocycles. The Labute approximate surface area is 125 Å². The summed E-state index contributed by atoms with van der Waals surface area (Å²) < 4.78 is 11.3. The van der Waals surface area contributed by atoms with Crippen molar-refractivity contribution in [3.63, 3.8) is 0 Å². The van der Waals surface area contributed by atoms with Gasteiger partial charge in [-0.3, -0.25) is 0 Å². The van der Waals surface area contributed by atoms with E-state index < -0.39 is 0 Å². The van der Waals surface area contributed by atoms with Gasteiger partial charge in [0.25, 0.3) is 0 Å². The monoisotopic (exact) mass is 284 g/mol. The van der Waals surface area contributed by atoms with E-state index in [4.69, 9.17) is 9.47 Å². The Morgan fingerprint density at radius 2 is 2.05 bits per heavy atom. The van der Waals surface area contributed by atoms with Crippen LogP contribution in [0.15, 0.2) is 48.7 Å². The number of hydrogen-bond acceptors (Lipinski definition) is 4. The van der Waals surface area contributed by atoms with E-state index in [2.05, 4.69) is 34.6 Å². The molecule has 0 amide bonds. The van der Waals surface area contributed by atoms with Crippen LogP contribution >= 0.6 is 0 Å². The summed E-state index contributed by atoms with van der Waals surface area (Å²) >= 11 is 0. The van der Waals surface area contributed by atoms with Crippen LogP contribution in [0.25, 0.3) is 0 Å². The predicted octanol–water partition coefficient (Wildman–Crippen LogP) is 2.82. The van der Waals surface area contributed by atoms with Crippen molar-refractivity contribution in [3.8, 4) is 11.6 Å². The molecule has 1 unspecified atom stereocenters. The largest absolute Gasteiger partial charge is 0.484 e. The molecule has 1 aliphatic heterocycles. The smallest absolute Gasteiger partial charge is 0.213 e. The molecule has 21 heavy (non-hydrogen) atoms. The summed E-state index contributed by atoms with van der Waals surface area (Å²) in [5.74, 6) is 1.85. The molecule has 0 aliphatic carbocycles. The molecule has 2 atom stereocenters. The van der Waals surface area contributed by atoms with Gasteiger partial charge < -0.3 is 14.8 Å². The Bertz CT molecular complexity index is 551. The molecule has 1 aromatic carbocycles. The third-order valence-corrected chi connectivity index (χ3v) is 3.84. The number of aromatic nitrogens is 1. The van der Waals surface area contributed by atoms with E-state index in [0.29, 0.717) is 11.8 Å². The quantitative estimate of drug-likeness (QED) is 0.917. The van der Waals surface area contributed by atoms with Gasteiger partial charge in [-0.05, 0) is 24.6 Å². The van der Waals surface area contributed by atoms with E-state index in [1.807, 2.05) is 18.2 Å². The highest BCUT2D eigenvalue weighted by molar-refractivity contribution is 5.26. The van der Waals surface area contributed by atoms with E-state index in [-0.39, 0.29) is 6.10 Å². The first-order valence-electron chi connectivity index (χ1n) is 7.29. The highest BCUT2D eigenvalue weighted by Crippen LogP contribution is 2.32. The average Bonchev–Trinajstić information content (AvgIpc) is 3.08. The zero-order valence-corrected chi connectivity index (χ0v) is 12.2. The summed E-state index contributed by atoms with van der Waals surface area (Å²) in [7, 11) is 1.61. The van der Waals surface area contributed by atoms with Gasteiger partial charge >= 0.3 is 0 Å². The second kappa shape index (κ2) is 6.59. The number of hydrogen-bond donors (Lipinski definition) is 1. The summed E-state index contributed by atoms with van der Waals surface area (Å²) in [5.41, 5.74) is 1.21. The molecule has 0 saturated carbocycles. The van der Waals surface area contributed by atoms with Crippen molar-refractivity contribution in [1.82, 2.24) is 10.3 Å². The molecule has 1 aliphatic rings. The van der Waals surface area contributed by atoms with Crippen molar-refractivity contribution in [1.29, 1.82) is 0 Å². The molecule has 0 bridgehead atoms. The van der Waals surface area contributed by atoms with Gasteiger partial charge in [0.1, 0.15) is 11.9 Å². The standard InChI is InChI=1S/C17H20N2O2/c1-20-16-8-7-15(12-19-16)21-17(14-9-10-18-11-14)13-5-3-2-4-6-13/h2-8,12,14,17-18H,9-11H2,1H3/t14-,17?/m0/s1. The number of pyridine rings is 1. The summed E-state index contributed by atoms with van der Waals surface area (Å²) in [6.07, 6.45) is 2.90. The average molecular weight is 284 g/mol.